The van der Waals surface area contributed by atoms with E-state index in [9.17, 15) is 5.11 Å². The summed E-state index contributed by atoms with van der Waals surface area (Å²) >= 11 is 0. The van der Waals surface area contributed by atoms with E-state index >= 15 is 0 Å². The summed E-state index contributed by atoms with van der Waals surface area (Å²) in [7, 11) is 0. The Balaban J connectivity index is 2.26. The molecule has 28 heavy (non-hydrogen) atoms. The van der Waals surface area contributed by atoms with Gasteiger partial charge in [0.15, 0.2) is 5.65 Å². The lowest BCUT2D eigenvalue weighted by Gasteiger charge is -2.24. The maximum Gasteiger partial charge on any atom is 0.150 e. The van der Waals surface area contributed by atoms with Gasteiger partial charge < -0.3 is 14.6 Å². The summed E-state index contributed by atoms with van der Waals surface area (Å²) in [6, 6.07) is 4.44. The average Bonchev–Trinajstić information content (AvgIpc) is 2.93. The first kappa shape index (κ1) is 20.3. The monoisotopic (exact) mass is 380 g/mol. The van der Waals surface area contributed by atoms with Gasteiger partial charge in [-0.3, -0.25) is 0 Å². The van der Waals surface area contributed by atoms with Gasteiger partial charge in [0.2, 0.25) is 0 Å². The normalized spacial score (nSPS) is 11.4. The molecule has 5 nitrogen and oxygen atoms in total. The van der Waals surface area contributed by atoms with Gasteiger partial charge in [0.1, 0.15) is 11.6 Å². The van der Waals surface area contributed by atoms with E-state index in [1.54, 1.807) is 0 Å². The summed E-state index contributed by atoms with van der Waals surface area (Å²) in [5.41, 5.74) is 7.04. The van der Waals surface area contributed by atoms with E-state index in [2.05, 4.69) is 62.4 Å². The Kier molecular flexibility index (Phi) is 6.04. The lowest BCUT2D eigenvalue weighted by molar-refractivity contribution is 0.301. The van der Waals surface area contributed by atoms with E-state index in [0.29, 0.717) is 6.54 Å². The van der Waals surface area contributed by atoms with Crippen molar-refractivity contribution in [1.82, 2.24) is 14.5 Å². The number of benzene rings is 1. The van der Waals surface area contributed by atoms with Crippen molar-refractivity contribution in [3.8, 4) is 5.69 Å². The van der Waals surface area contributed by atoms with Gasteiger partial charge in [-0.15, -0.1) is 0 Å². The summed E-state index contributed by atoms with van der Waals surface area (Å²) < 4.78 is 2.21. The Morgan fingerprint density at radius 2 is 1.64 bits per heavy atom. The Morgan fingerprint density at radius 1 is 0.964 bits per heavy atom. The van der Waals surface area contributed by atoms with E-state index in [-0.39, 0.29) is 6.61 Å². The van der Waals surface area contributed by atoms with Crippen LogP contribution in [-0.2, 0) is 0 Å². The van der Waals surface area contributed by atoms with E-state index in [1.165, 1.54) is 22.4 Å². The standard InChI is InChI=1S/C23H32N4O/c1-7-8-9-26(10-11-28)22-20-18(5)14-27(23(20)25-19(6)24-22)21-16(3)12-15(2)13-17(21)4/h12-14,28H,7-11H2,1-6H3. The Bertz CT molecular complexity index is 967. The van der Waals surface area contributed by atoms with Crippen molar-refractivity contribution in [1.29, 1.82) is 0 Å². The second kappa shape index (κ2) is 8.31. The van der Waals surface area contributed by atoms with Crippen LogP contribution in [0.2, 0.25) is 0 Å². The molecule has 0 radical (unpaired) electrons. The van der Waals surface area contributed by atoms with Crippen molar-refractivity contribution in [3.05, 3.63) is 46.4 Å². The fourth-order valence-electron chi connectivity index (χ4n) is 4.13. The number of aromatic nitrogens is 3. The van der Waals surface area contributed by atoms with Crippen molar-refractivity contribution in [3.63, 3.8) is 0 Å². The molecule has 0 fully saturated rings. The quantitative estimate of drug-likeness (QED) is 0.653. The number of hydrogen-bond donors (Lipinski definition) is 1. The molecule has 0 unspecified atom stereocenters. The SMILES string of the molecule is CCCCN(CCO)c1nc(C)nc2c1c(C)cn2-c1c(C)cc(C)cc1C. The number of aryl methyl sites for hydroxylation is 5. The molecule has 0 bridgehead atoms. The maximum absolute atomic E-state index is 9.60. The van der Waals surface area contributed by atoms with Crippen molar-refractivity contribution >= 4 is 16.9 Å². The van der Waals surface area contributed by atoms with Crippen LogP contribution in [0.3, 0.4) is 0 Å². The van der Waals surface area contributed by atoms with Gasteiger partial charge in [0.25, 0.3) is 0 Å². The largest absolute Gasteiger partial charge is 0.395 e. The van der Waals surface area contributed by atoms with Crippen LogP contribution < -0.4 is 4.90 Å². The van der Waals surface area contributed by atoms with E-state index in [1.807, 2.05) is 6.92 Å². The zero-order valence-corrected chi connectivity index (χ0v) is 18.0. The third-order valence-electron chi connectivity index (χ3n) is 5.26. The maximum atomic E-state index is 9.60. The van der Waals surface area contributed by atoms with Crippen LogP contribution in [-0.4, -0.2) is 39.3 Å². The molecule has 2 aromatic heterocycles. The smallest absolute Gasteiger partial charge is 0.150 e. The molecule has 0 atom stereocenters. The molecule has 0 spiro atoms. The first-order valence-corrected chi connectivity index (χ1v) is 10.2. The number of rotatable bonds is 7. The molecule has 0 saturated carbocycles. The van der Waals surface area contributed by atoms with Crippen molar-refractivity contribution in [2.45, 2.75) is 54.4 Å². The third-order valence-corrected chi connectivity index (χ3v) is 5.26. The van der Waals surface area contributed by atoms with E-state index < -0.39 is 0 Å². The number of aliphatic hydroxyl groups excluding tert-OH is 1. The van der Waals surface area contributed by atoms with Gasteiger partial charge >= 0.3 is 0 Å². The summed E-state index contributed by atoms with van der Waals surface area (Å²) in [6.45, 7) is 14.3. The fraction of sp³-hybridized carbons (Fsp3) is 0.478. The first-order valence-electron chi connectivity index (χ1n) is 10.2. The summed E-state index contributed by atoms with van der Waals surface area (Å²) in [4.78, 5) is 11.8. The molecule has 0 aliphatic carbocycles. The van der Waals surface area contributed by atoms with Crippen molar-refractivity contribution < 1.29 is 5.11 Å². The molecule has 3 rings (SSSR count). The molecule has 1 aromatic carbocycles. The first-order chi connectivity index (χ1) is 13.4. The van der Waals surface area contributed by atoms with Crippen LogP contribution in [0, 0.1) is 34.6 Å². The molecule has 3 aromatic rings. The zero-order chi connectivity index (χ0) is 20.4. The molecular formula is C23H32N4O. The molecule has 0 aliphatic heterocycles. The molecule has 1 N–H and O–H groups in total. The minimum Gasteiger partial charge on any atom is -0.395 e. The average molecular weight is 381 g/mol. The lowest BCUT2D eigenvalue weighted by Crippen LogP contribution is -2.29. The topological polar surface area (TPSA) is 54.2 Å². The summed E-state index contributed by atoms with van der Waals surface area (Å²) in [5, 5.41) is 10.7. The number of anilines is 1. The van der Waals surface area contributed by atoms with Crippen LogP contribution in [0.1, 0.15) is 47.8 Å². The minimum absolute atomic E-state index is 0.115. The van der Waals surface area contributed by atoms with Crippen LogP contribution in [0.25, 0.3) is 16.7 Å². The number of aliphatic hydroxyl groups is 1. The molecule has 5 heteroatoms. The zero-order valence-electron chi connectivity index (χ0n) is 18.0. The van der Waals surface area contributed by atoms with Gasteiger partial charge in [0, 0.05) is 19.3 Å². The predicted octanol–water partition coefficient (Wildman–Crippen LogP) is 4.56. The van der Waals surface area contributed by atoms with Crippen LogP contribution >= 0.6 is 0 Å². The van der Waals surface area contributed by atoms with Gasteiger partial charge in [0.05, 0.1) is 17.7 Å². The van der Waals surface area contributed by atoms with Crippen LogP contribution in [0.5, 0.6) is 0 Å². The number of fused-ring (bicyclic) bond motifs is 1. The van der Waals surface area contributed by atoms with Crippen molar-refractivity contribution in [2.75, 3.05) is 24.6 Å². The van der Waals surface area contributed by atoms with Gasteiger partial charge in [-0.1, -0.05) is 31.0 Å². The Morgan fingerprint density at radius 3 is 2.25 bits per heavy atom. The van der Waals surface area contributed by atoms with Crippen molar-refractivity contribution in [2.24, 2.45) is 0 Å². The highest BCUT2D eigenvalue weighted by Gasteiger charge is 2.20. The lowest BCUT2D eigenvalue weighted by atomic mass is 10.1. The number of nitrogens with zero attached hydrogens (tertiary/aromatic N) is 4. The Hall–Kier alpha value is -2.40. The highest BCUT2D eigenvalue weighted by molar-refractivity contribution is 5.92. The molecular weight excluding hydrogens is 348 g/mol. The Labute approximate surface area is 168 Å². The minimum atomic E-state index is 0.115. The molecule has 0 amide bonds. The second-order valence-corrected chi connectivity index (χ2v) is 7.79. The third kappa shape index (κ3) is 3.76. The summed E-state index contributed by atoms with van der Waals surface area (Å²) in [6.07, 6.45) is 4.35. The molecule has 150 valence electrons. The van der Waals surface area contributed by atoms with Gasteiger partial charge in [-0.25, -0.2) is 9.97 Å². The summed E-state index contributed by atoms with van der Waals surface area (Å²) in [5.74, 6) is 1.69. The number of unbranched alkanes of at least 4 members (excludes halogenated alkanes) is 1. The molecule has 0 aliphatic rings. The molecule has 2 heterocycles. The molecule has 0 saturated heterocycles. The van der Waals surface area contributed by atoms with Gasteiger partial charge in [-0.05, 0) is 57.7 Å². The highest BCUT2D eigenvalue weighted by atomic mass is 16.3. The second-order valence-electron chi connectivity index (χ2n) is 7.79. The van der Waals surface area contributed by atoms with E-state index in [0.717, 1.165) is 47.6 Å². The van der Waals surface area contributed by atoms with E-state index in [4.69, 9.17) is 9.97 Å². The predicted molar refractivity (Wildman–Crippen MR) is 117 cm³/mol. The van der Waals surface area contributed by atoms with Crippen LogP contribution in [0.15, 0.2) is 18.3 Å². The van der Waals surface area contributed by atoms with Gasteiger partial charge in [-0.2, -0.15) is 0 Å². The highest BCUT2D eigenvalue weighted by Crippen LogP contribution is 2.33. The van der Waals surface area contributed by atoms with Crippen LogP contribution in [0.4, 0.5) is 5.82 Å². The number of hydrogen-bond acceptors (Lipinski definition) is 4. The fourth-order valence-corrected chi connectivity index (χ4v) is 4.13.